The summed E-state index contributed by atoms with van der Waals surface area (Å²) in [4.78, 5) is 12.2. The summed E-state index contributed by atoms with van der Waals surface area (Å²) >= 11 is 6.13. The van der Waals surface area contributed by atoms with Crippen molar-refractivity contribution in [3.8, 4) is 0 Å². The Bertz CT molecular complexity index is 620. The standard InChI is InChI=1S/C16H17ClN2O/c1-10-7-12(9-13(18)8-10)16(20)19-11(2)14-5-3-4-6-15(14)17/h3-9,11H,18H2,1-2H3,(H,19,20). The molecule has 0 aromatic heterocycles. The second-order valence-electron chi connectivity index (χ2n) is 4.85. The summed E-state index contributed by atoms with van der Waals surface area (Å²) < 4.78 is 0. The summed E-state index contributed by atoms with van der Waals surface area (Å²) in [7, 11) is 0. The van der Waals surface area contributed by atoms with Crippen LogP contribution in [0.4, 0.5) is 5.69 Å². The molecule has 2 aromatic carbocycles. The van der Waals surface area contributed by atoms with Crippen LogP contribution >= 0.6 is 11.6 Å². The lowest BCUT2D eigenvalue weighted by atomic mass is 10.1. The summed E-state index contributed by atoms with van der Waals surface area (Å²) in [5, 5.41) is 3.57. The molecule has 2 aromatic rings. The second kappa shape index (κ2) is 5.97. The summed E-state index contributed by atoms with van der Waals surface area (Å²) in [6.45, 7) is 3.81. The third kappa shape index (κ3) is 3.31. The number of hydrogen-bond donors (Lipinski definition) is 2. The number of amides is 1. The predicted molar refractivity (Wildman–Crippen MR) is 82.9 cm³/mol. The molecule has 0 aliphatic rings. The topological polar surface area (TPSA) is 55.1 Å². The van der Waals surface area contributed by atoms with Crippen LogP contribution in [0.25, 0.3) is 0 Å². The van der Waals surface area contributed by atoms with E-state index in [0.717, 1.165) is 11.1 Å². The molecule has 2 rings (SSSR count). The van der Waals surface area contributed by atoms with Crippen LogP contribution in [-0.4, -0.2) is 5.91 Å². The molecule has 1 amide bonds. The highest BCUT2D eigenvalue weighted by atomic mass is 35.5. The van der Waals surface area contributed by atoms with Gasteiger partial charge in [0.2, 0.25) is 0 Å². The molecule has 20 heavy (non-hydrogen) atoms. The summed E-state index contributed by atoms with van der Waals surface area (Å²) in [5.41, 5.74) is 8.75. The van der Waals surface area contributed by atoms with Gasteiger partial charge in [-0.2, -0.15) is 0 Å². The van der Waals surface area contributed by atoms with Crippen molar-refractivity contribution in [2.75, 3.05) is 5.73 Å². The average Bonchev–Trinajstić information content (AvgIpc) is 2.37. The molecule has 1 unspecified atom stereocenters. The molecule has 4 heteroatoms. The summed E-state index contributed by atoms with van der Waals surface area (Å²) in [6, 6.07) is 12.6. The Morgan fingerprint density at radius 3 is 2.60 bits per heavy atom. The smallest absolute Gasteiger partial charge is 0.251 e. The molecule has 0 spiro atoms. The number of carbonyl (C=O) groups is 1. The molecule has 0 aliphatic carbocycles. The van der Waals surface area contributed by atoms with Crippen molar-refractivity contribution < 1.29 is 4.79 Å². The quantitative estimate of drug-likeness (QED) is 0.846. The van der Waals surface area contributed by atoms with E-state index < -0.39 is 0 Å². The van der Waals surface area contributed by atoms with Gasteiger partial charge in [0.15, 0.2) is 0 Å². The van der Waals surface area contributed by atoms with Crippen LogP contribution < -0.4 is 11.1 Å². The molecule has 0 saturated carbocycles. The fourth-order valence-corrected chi connectivity index (χ4v) is 2.43. The fourth-order valence-electron chi connectivity index (χ4n) is 2.13. The Balaban J connectivity index is 2.17. The van der Waals surface area contributed by atoms with Gasteiger partial charge in [-0.3, -0.25) is 4.79 Å². The maximum absolute atomic E-state index is 12.2. The maximum Gasteiger partial charge on any atom is 0.251 e. The lowest BCUT2D eigenvalue weighted by molar-refractivity contribution is 0.0940. The van der Waals surface area contributed by atoms with Crippen molar-refractivity contribution in [2.45, 2.75) is 19.9 Å². The number of rotatable bonds is 3. The molecular formula is C16H17ClN2O. The minimum Gasteiger partial charge on any atom is -0.399 e. The van der Waals surface area contributed by atoms with Gasteiger partial charge in [0, 0.05) is 16.3 Å². The molecule has 0 bridgehead atoms. The number of hydrogen-bond acceptors (Lipinski definition) is 2. The van der Waals surface area contributed by atoms with Gasteiger partial charge >= 0.3 is 0 Å². The van der Waals surface area contributed by atoms with Crippen molar-refractivity contribution in [1.82, 2.24) is 5.32 Å². The third-order valence-corrected chi connectivity index (χ3v) is 3.43. The number of aryl methyl sites for hydroxylation is 1. The Morgan fingerprint density at radius 2 is 1.95 bits per heavy atom. The van der Waals surface area contributed by atoms with Gasteiger partial charge < -0.3 is 11.1 Å². The monoisotopic (exact) mass is 288 g/mol. The molecule has 0 saturated heterocycles. The lowest BCUT2D eigenvalue weighted by Gasteiger charge is -2.16. The van der Waals surface area contributed by atoms with Gasteiger partial charge in [0.05, 0.1) is 6.04 Å². The van der Waals surface area contributed by atoms with Gasteiger partial charge in [-0.25, -0.2) is 0 Å². The van der Waals surface area contributed by atoms with Gasteiger partial charge in [-0.15, -0.1) is 0 Å². The van der Waals surface area contributed by atoms with E-state index in [1.807, 2.05) is 50.2 Å². The van der Waals surface area contributed by atoms with Gasteiger partial charge in [-0.05, 0) is 49.2 Å². The Labute approximate surface area is 123 Å². The van der Waals surface area contributed by atoms with Crippen molar-refractivity contribution in [3.05, 3.63) is 64.2 Å². The number of nitrogens with two attached hydrogens (primary N) is 1. The maximum atomic E-state index is 12.2. The zero-order chi connectivity index (χ0) is 14.7. The molecule has 104 valence electrons. The first kappa shape index (κ1) is 14.4. The Morgan fingerprint density at radius 1 is 1.25 bits per heavy atom. The highest BCUT2D eigenvalue weighted by molar-refractivity contribution is 6.31. The molecule has 3 nitrogen and oxygen atoms in total. The van der Waals surface area contributed by atoms with Gasteiger partial charge in [0.25, 0.3) is 5.91 Å². The first-order valence-electron chi connectivity index (χ1n) is 6.40. The molecular weight excluding hydrogens is 272 g/mol. The van der Waals surface area contributed by atoms with Gasteiger partial charge in [0.1, 0.15) is 0 Å². The molecule has 1 atom stereocenters. The van der Waals surface area contributed by atoms with Crippen LogP contribution in [0, 0.1) is 6.92 Å². The number of halogens is 1. The number of nitrogen functional groups attached to an aromatic ring is 1. The zero-order valence-corrected chi connectivity index (χ0v) is 12.2. The normalized spacial score (nSPS) is 11.9. The number of nitrogens with one attached hydrogen (secondary N) is 1. The Kier molecular flexibility index (Phi) is 4.30. The molecule has 0 fully saturated rings. The van der Waals surface area contributed by atoms with Crippen LogP contribution in [0.1, 0.15) is 34.5 Å². The van der Waals surface area contributed by atoms with E-state index in [-0.39, 0.29) is 11.9 Å². The highest BCUT2D eigenvalue weighted by Gasteiger charge is 2.14. The molecule has 0 aliphatic heterocycles. The van der Waals surface area contributed by atoms with Crippen molar-refractivity contribution >= 4 is 23.2 Å². The lowest BCUT2D eigenvalue weighted by Crippen LogP contribution is -2.27. The largest absolute Gasteiger partial charge is 0.399 e. The molecule has 3 N–H and O–H groups in total. The SMILES string of the molecule is Cc1cc(N)cc(C(=O)NC(C)c2ccccc2Cl)c1. The van der Waals surface area contributed by atoms with Crippen LogP contribution in [0.15, 0.2) is 42.5 Å². The summed E-state index contributed by atoms with van der Waals surface area (Å²) in [6.07, 6.45) is 0. The third-order valence-electron chi connectivity index (χ3n) is 3.08. The summed E-state index contributed by atoms with van der Waals surface area (Å²) in [5.74, 6) is -0.159. The van der Waals surface area contributed by atoms with E-state index in [9.17, 15) is 4.79 Å². The first-order chi connectivity index (χ1) is 9.47. The van der Waals surface area contributed by atoms with E-state index in [1.165, 1.54) is 0 Å². The minimum absolute atomic E-state index is 0.159. The molecule has 0 radical (unpaired) electrons. The first-order valence-corrected chi connectivity index (χ1v) is 6.77. The van der Waals surface area contributed by atoms with E-state index in [4.69, 9.17) is 17.3 Å². The van der Waals surface area contributed by atoms with Crippen LogP contribution in [0.2, 0.25) is 5.02 Å². The van der Waals surface area contributed by atoms with Crippen LogP contribution in [0.5, 0.6) is 0 Å². The van der Waals surface area contributed by atoms with Crippen molar-refractivity contribution in [3.63, 3.8) is 0 Å². The van der Waals surface area contributed by atoms with Crippen molar-refractivity contribution in [2.24, 2.45) is 0 Å². The number of carbonyl (C=O) groups excluding carboxylic acids is 1. The van der Waals surface area contributed by atoms with E-state index in [0.29, 0.717) is 16.3 Å². The van der Waals surface area contributed by atoms with E-state index >= 15 is 0 Å². The number of benzene rings is 2. The van der Waals surface area contributed by atoms with E-state index in [1.54, 1.807) is 6.07 Å². The Hall–Kier alpha value is -2.00. The highest BCUT2D eigenvalue weighted by Crippen LogP contribution is 2.22. The van der Waals surface area contributed by atoms with Crippen molar-refractivity contribution in [1.29, 1.82) is 0 Å². The van der Waals surface area contributed by atoms with Gasteiger partial charge in [-0.1, -0.05) is 29.8 Å². The van der Waals surface area contributed by atoms with E-state index in [2.05, 4.69) is 5.32 Å². The van der Waals surface area contributed by atoms with Crippen LogP contribution in [0.3, 0.4) is 0 Å². The molecule has 0 heterocycles. The van der Waals surface area contributed by atoms with Crippen LogP contribution in [-0.2, 0) is 0 Å². The zero-order valence-electron chi connectivity index (χ0n) is 11.5. The second-order valence-corrected chi connectivity index (χ2v) is 5.26. The number of anilines is 1. The minimum atomic E-state index is -0.169. The predicted octanol–water partition coefficient (Wildman–Crippen LogP) is 3.72. The average molecular weight is 289 g/mol. The fraction of sp³-hybridized carbons (Fsp3) is 0.188.